The third-order valence-electron chi connectivity index (χ3n) is 7.20. The summed E-state index contributed by atoms with van der Waals surface area (Å²) in [5, 5.41) is 2.81. The molecule has 1 aliphatic heterocycles. The van der Waals surface area contributed by atoms with Gasteiger partial charge in [0.25, 0.3) is 0 Å². The molecule has 0 bridgehead atoms. The van der Waals surface area contributed by atoms with Gasteiger partial charge in [0.05, 0.1) is 34.4 Å². The highest BCUT2D eigenvalue weighted by Crippen LogP contribution is 2.59. The molecule has 2 N–H and O–H groups in total. The summed E-state index contributed by atoms with van der Waals surface area (Å²) in [6, 6.07) is 16.3. The second-order valence-electron chi connectivity index (χ2n) is 9.56. The van der Waals surface area contributed by atoms with Gasteiger partial charge in [-0.1, -0.05) is 24.3 Å². The molecule has 0 radical (unpaired) electrons. The van der Waals surface area contributed by atoms with Gasteiger partial charge in [0.15, 0.2) is 5.58 Å². The highest BCUT2D eigenvalue weighted by Gasteiger charge is 2.39. The molecule has 10 nitrogen and oxygen atoms in total. The summed E-state index contributed by atoms with van der Waals surface area (Å²) < 4.78 is 12.3. The second kappa shape index (κ2) is 9.16. The normalized spacial score (nSPS) is 13.0. The van der Waals surface area contributed by atoms with E-state index in [1.165, 1.54) is 0 Å². The fraction of sp³-hybridized carbons (Fsp3) is 0.0333. The molecule has 6 heterocycles. The molecular formula is C30H18N8O2S2. The van der Waals surface area contributed by atoms with Crippen molar-refractivity contribution in [2.24, 2.45) is 0 Å². The number of benzene rings is 3. The van der Waals surface area contributed by atoms with Crippen molar-refractivity contribution in [1.29, 1.82) is 0 Å². The summed E-state index contributed by atoms with van der Waals surface area (Å²) in [6.45, 7) is 0. The van der Waals surface area contributed by atoms with Gasteiger partial charge >= 0.3 is 6.01 Å². The SMILES string of the molecule is c1ccc2[nH]c(-c3c(-c4ncc[nH]4)c(-c4nc5ccccc5o4)c4c(c3-c3nccs3)N(c3ncco3)CS4)nc2c1. The Morgan fingerprint density at radius 1 is 0.810 bits per heavy atom. The Bertz CT molecular complexity index is 2150. The number of hydrogen-bond acceptors (Lipinski definition) is 10. The molecule has 0 saturated heterocycles. The predicted molar refractivity (Wildman–Crippen MR) is 163 cm³/mol. The summed E-state index contributed by atoms with van der Waals surface area (Å²) >= 11 is 3.23. The molecule has 0 unspecified atom stereocenters. The zero-order valence-electron chi connectivity index (χ0n) is 21.6. The summed E-state index contributed by atoms with van der Waals surface area (Å²) in [4.78, 5) is 34.1. The molecule has 202 valence electrons. The van der Waals surface area contributed by atoms with E-state index in [1.54, 1.807) is 41.8 Å². The van der Waals surface area contributed by atoms with E-state index in [9.17, 15) is 0 Å². The smallest absolute Gasteiger partial charge is 0.302 e. The maximum Gasteiger partial charge on any atom is 0.302 e. The van der Waals surface area contributed by atoms with Crippen molar-refractivity contribution in [2.45, 2.75) is 4.90 Å². The summed E-state index contributed by atoms with van der Waals surface area (Å²) in [6.07, 6.45) is 8.61. The second-order valence-corrected chi connectivity index (χ2v) is 11.4. The van der Waals surface area contributed by atoms with Crippen molar-refractivity contribution < 1.29 is 8.83 Å². The largest absolute Gasteiger partial charge is 0.436 e. The van der Waals surface area contributed by atoms with Crippen LogP contribution >= 0.6 is 23.1 Å². The lowest BCUT2D eigenvalue weighted by Gasteiger charge is -2.22. The van der Waals surface area contributed by atoms with Gasteiger partial charge in [-0.2, -0.15) is 0 Å². The van der Waals surface area contributed by atoms with E-state index >= 15 is 0 Å². The van der Waals surface area contributed by atoms with Crippen LogP contribution in [0.2, 0.25) is 0 Å². The van der Waals surface area contributed by atoms with Crippen LogP contribution < -0.4 is 4.90 Å². The highest BCUT2D eigenvalue weighted by atomic mass is 32.2. The van der Waals surface area contributed by atoms with Gasteiger partial charge in [0.1, 0.15) is 28.4 Å². The molecule has 0 atom stereocenters. The first-order valence-electron chi connectivity index (χ1n) is 13.1. The summed E-state index contributed by atoms with van der Waals surface area (Å²) in [5.41, 5.74) is 7.50. The number of oxazole rings is 2. The number of imidazole rings is 2. The standard InChI is InChI=1S/C30H18N8O2S2/c1-2-6-17-16(5-1)35-27(36-17)20-21(26-31-9-10-32-26)23(28-37-18-7-3-4-8-19(18)40-28)25-24(22(20)29-33-12-14-41-29)38(15-42-25)30-34-11-13-39-30/h1-14H,15H2,(H,31,32)(H,35,36). The van der Waals surface area contributed by atoms with Gasteiger partial charge in [-0.25, -0.2) is 24.9 Å². The van der Waals surface area contributed by atoms with Crippen LogP contribution in [0, 0.1) is 0 Å². The molecule has 0 spiro atoms. The lowest BCUT2D eigenvalue weighted by Crippen LogP contribution is -2.14. The first-order chi connectivity index (χ1) is 20.8. The highest BCUT2D eigenvalue weighted by molar-refractivity contribution is 8.00. The van der Waals surface area contributed by atoms with Crippen LogP contribution in [0.5, 0.6) is 0 Å². The van der Waals surface area contributed by atoms with E-state index in [1.807, 2.05) is 66.3 Å². The van der Waals surface area contributed by atoms with E-state index in [0.29, 0.717) is 35.0 Å². The first-order valence-corrected chi connectivity index (χ1v) is 14.9. The van der Waals surface area contributed by atoms with Crippen molar-refractivity contribution >= 4 is 56.9 Å². The Hall–Kier alpha value is -5.20. The number of aromatic nitrogens is 7. The Kier molecular flexibility index (Phi) is 5.12. The number of thioether (sulfide) groups is 1. The van der Waals surface area contributed by atoms with Gasteiger partial charge in [-0.3, -0.25) is 4.90 Å². The Labute approximate surface area is 245 Å². The lowest BCUT2D eigenvalue weighted by atomic mass is 9.92. The number of fused-ring (bicyclic) bond motifs is 3. The van der Waals surface area contributed by atoms with Crippen molar-refractivity contribution in [3.05, 3.63) is 85.0 Å². The van der Waals surface area contributed by atoms with Crippen molar-refractivity contribution in [2.75, 3.05) is 10.8 Å². The molecule has 1 aliphatic rings. The average Bonchev–Trinajstić information content (AvgIpc) is 3.87. The van der Waals surface area contributed by atoms with Gasteiger partial charge in [0.2, 0.25) is 5.89 Å². The summed E-state index contributed by atoms with van der Waals surface area (Å²) in [7, 11) is 0. The predicted octanol–water partition coefficient (Wildman–Crippen LogP) is 7.74. The van der Waals surface area contributed by atoms with Crippen LogP contribution in [-0.2, 0) is 0 Å². The van der Waals surface area contributed by atoms with Crippen LogP contribution in [0.1, 0.15) is 0 Å². The van der Waals surface area contributed by atoms with E-state index < -0.39 is 0 Å². The van der Waals surface area contributed by atoms with Crippen LogP contribution in [0.4, 0.5) is 11.7 Å². The average molecular weight is 587 g/mol. The third-order valence-corrected chi connectivity index (χ3v) is 9.07. The zero-order chi connectivity index (χ0) is 27.6. The zero-order valence-corrected chi connectivity index (χ0v) is 23.2. The van der Waals surface area contributed by atoms with E-state index in [-0.39, 0.29) is 0 Å². The van der Waals surface area contributed by atoms with Crippen molar-refractivity contribution in [3.8, 4) is 44.8 Å². The topological polar surface area (TPSA) is 126 Å². The minimum atomic E-state index is 0.489. The van der Waals surface area contributed by atoms with Gasteiger partial charge in [-0.05, 0) is 24.3 Å². The monoisotopic (exact) mass is 586 g/mol. The molecule has 9 rings (SSSR count). The van der Waals surface area contributed by atoms with Crippen molar-refractivity contribution in [1.82, 2.24) is 34.9 Å². The molecule has 12 heteroatoms. The quantitative estimate of drug-likeness (QED) is 0.208. The van der Waals surface area contributed by atoms with Gasteiger partial charge in [-0.15, -0.1) is 23.1 Å². The van der Waals surface area contributed by atoms with Crippen molar-refractivity contribution in [3.63, 3.8) is 0 Å². The number of hydrogen-bond donors (Lipinski definition) is 2. The summed E-state index contributed by atoms with van der Waals surface area (Å²) in [5.74, 6) is 2.40. The third kappa shape index (κ3) is 3.49. The van der Waals surface area contributed by atoms with E-state index in [4.69, 9.17) is 28.8 Å². The molecule has 0 saturated carbocycles. The number of nitrogens with zero attached hydrogens (tertiary/aromatic N) is 6. The number of rotatable bonds is 5. The number of thiazole rings is 1. The van der Waals surface area contributed by atoms with Gasteiger partial charge in [0, 0.05) is 45.6 Å². The fourth-order valence-corrected chi connectivity index (χ4v) is 7.36. The molecule has 0 amide bonds. The van der Waals surface area contributed by atoms with Crippen LogP contribution in [0.15, 0.2) is 98.7 Å². The molecule has 0 aliphatic carbocycles. The molecule has 0 fully saturated rings. The maximum atomic E-state index is 6.46. The number of anilines is 2. The van der Waals surface area contributed by atoms with E-state index in [2.05, 4.69) is 19.9 Å². The van der Waals surface area contributed by atoms with Gasteiger partial charge < -0.3 is 18.8 Å². The molecule has 3 aromatic carbocycles. The van der Waals surface area contributed by atoms with Crippen LogP contribution in [0.3, 0.4) is 0 Å². The minimum Gasteiger partial charge on any atom is -0.436 e. The molecule has 8 aromatic rings. The Balaban J connectivity index is 1.49. The number of para-hydroxylation sites is 4. The maximum absolute atomic E-state index is 6.46. The molecular weight excluding hydrogens is 569 g/mol. The molecule has 5 aromatic heterocycles. The van der Waals surface area contributed by atoms with Crippen LogP contribution in [-0.4, -0.2) is 40.8 Å². The minimum absolute atomic E-state index is 0.489. The lowest BCUT2D eigenvalue weighted by molar-refractivity contribution is 0.560. The number of H-pyrrole nitrogens is 2. The molecule has 42 heavy (non-hydrogen) atoms. The Morgan fingerprint density at radius 2 is 1.69 bits per heavy atom. The van der Waals surface area contributed by atoms with Crippen LogP contribution in [0.25, 0.3) is 66.9 Å². The number of nitrogens with one attached hydrogen (secondary N) is 2. The first kappa shape index (κ1) is 23.5. The number of aromatic amines is 2. The fourth-order valence-electron chi connectivity index (χ4n) is 5.49. The van der Waals surface area contributed by atoms with E-state index in [0.717, 1.165) is 54.4 Å². The Morgan fingerprint density at radius 3 is 2.48 bits per heavy atom.